The van der Waals surface area contributed by atoms with Crippen molar-refractivity contribution in [2.45, 2.75) is 141 Å². The van der Waals surface area contributed by atoms with E-state index in [0.29, 0.717) is 48.3 Å². The Morgan fingerprint density at radius 3 is 1.31 bits per heavy atom. The van der Waals surface area contributed by atoms with Gasteiger partial charge in [-0.25, -0.2) is 8.61 Å². The second-order valence-electron chi connectivity index (χ2n) is 12.2. The van der Waals surface area contributed by atoms with E-state index >= 15 is 0 Å². The van der Waals surface area contributed by atoms with E-state index in [1.807, 2.05) is 22.0 Å². The lowest BCUT2D eigenvalue weighted by Gasteiger charge is -2.52. The molecule has 4 fully saturated rings. The van der Waals surface area contributed by atoms with Crippen molar-refractivity contribution >= 4 is 33.5 Å². The third kappa shape index (κ3) is 5.60. The molecule has 2 atom stereocenters. The maximum atomic E-state index is 12.7. The van der Waals surface area contributed by atoms with Crippen LogP contribution in [0.1, 0.15) is 118 Å². The molecule has 2 saturated heterocycles. The first-order valence-electron chi connectivity index (χ1n) is 13.1. The first-order valence-corrected chi connectivity index (χ1v) is 15.2. The average molecular weight is 481 g/mol. The van der Waals surface area contributed by atoms with Gasteiger partial charge in [-0.15, -0.1) is 0 Å². The van der Waals surface area contributed by atoms with Crippen LogP contribution in [-0.4, -0.2) is 43.3 Å². The van der Waals surface area contributed by atoms with Crippen molar-refractivity contribution in [3.63, 3.8) is 0 Å². The zero-order chi connectivity index (χ0) is 22.9. The molecule has 2 aliphatic heterocycles. The van der Waals surface area contributed by atoms with Crippen molar-refractivity contribution in [3.05, 3.63) is 0 Å². The minimum absolute atomic E-state index is 0.120. The van der Waals surface area contributed by atoms with E-state index in [1.54, 1.807) is 0 Å². The van der Waals surface area contributed by atoms with Crippen molar-refractivity contribution in [2.75, 3.05) is 0 Å². The third-order valence-electron chi connectivity index (χ3n) is 8.51. The van der Waals surface area contributed by atoms with Crippen LogP contribution in [0.15, 0.2) is 0 Å². The average Bonchev–Trinajstić information content (AvgIpc) is 2.73. The van der Waals surface area contributed by atoms with E-state index in [1.165, 1.54) is 64.2 Å². The third-order valence-corrected chi connectivity index (χ3v) is 11.6. The van der Waals surface area contributed by atoms with E-state index in [4.69, 9.17) is 0 Å². The Bertz CT molecular complexity index is 625. The molecule has 32 heavy (non-hydrogen) atoms. The fourth-order valence-electron chi connectivity index (χ4n) is 6.93. The van der Waals surface area contributed by atoms with Crippen LogP contribution in [0.3, 0.4) is 0 Å². The molecule has 2 unspecified atom stereocenters. The van der Waals surface area contributed by atoms with Crippen molar-refractivity contribution < 1.29 is 9.59 Å². The molecule has 0 radical (unpaired) electrons. The summed E-state index contributed by atoms with van der Waals surface area (Å²) in [7, 11) is 3.80. The molecule has 2 saturated carbocycles. The Hall–Kier alpha value is -0.0400. The number of piperidine rings is 2. The molecule has 0 amide bonds. The number of hydrogen-bond donors (Lipinski definition) is 0. The first kappa shape index (κ1) is 25.1. The van der Waals surface area contributed by atoms with Crippen LogP contribution < -0.4 is 0 Å². The number of rotatable bonds is 5. The minimum atomic E-state index is -0.120. The van der Waals surface area contributed by atoms with Gasteiger partial charge >= 0.3 is 0 Å². The highest BCUT2D eigenvalue weighted by Crippen LogP contribution is 2.51. The molecule has 182 valence electrons. The number of Topliss-reactive ketones (excluding diaryl/α,β-unsaturated/α-hetero) is 2. The second kappa shape index (κ2) is 10.3. The van der Waals surface area contributed by atoms with Crippen LogP contribution in [0, 0.1) is 11.8 Å². The SMILES string of the molecule is CC1(C)CC(=O)CC(C2CCCCC2)N1SSN1C(C2CCCCC2)CC(=O)CC1(C)C. The Morgan fingerprint density at radius 1 is 0.625 bits per heavy atom. The van der Waals surface area contributed by atoms with Gasteiger partial charge in [0.1, 0.15) is 11.6 Å². The summed E-state index contributed by atoms with van der Waals surface area (Å²) < 4.78 is 5.22. The largest absolute Gasteiger partial charge is 0.300 e. The molecule has 0 aromatic carbocycles. The molecular formula is C26H44N2O2S2. The van der Waals surface area contributed by atoms with Gasteiger partial charge in [0.25, 0.3) is 0 Å². The van der Waals surface area contributed by atoms with Gasteiger partial charge in [0.2, 0.25) is 0 Å². The minimum Gasteiger partial charge on any atom is -0.300 e. The van der Waals surface area contributed by atoms with Gasteiger partial charge in [0.15, 0.2) is 0 Å². The van der Waals surface area contributed by atoms with E-state index < -0.39 is 0 Å². The summed E-state index contributed by atoms with van der Waals surface area (Å²) in [5.74, 6) is 2.17. The van der Waals surface area contributed by atoms with Gasteiger partial charge < -0.3 is 0 Å². The smallest absolute Gasteiger partial charge is 0.136 e. The molecule has 0 N–H and O–H groups in total. The summed E-state index contributed by atoms with van der Waals surface area (Å²) in [5.41, 5.74) is -0.240. The van der Waals surface area contributed by atoms with E-state index in [9.17, 15) is 9.59 Å². The topological polar surface area (TPSA) is 40.6 Å². The molecule has 4 rings (SSSR count). The number of ketones is 2. The molecule has 0 aromatic heterocycles. The molecule has 0 aromatic rings. The summed E-state index contributed by atoms with van der Waals surface area (Å²) in [6.45, 7) is 9.04. The van der Waals surface area contributed by atoms with Gasteiger partial charge in [-0.2, -0.15) is 0 Å². The highest BCUT2D eigenvalue weighted by molar-refractivity contribution is 8.74. The van der Waals surface area contributed by atoms with Crippen molar-refractivity contribution in [2.24, 2.45) is 11.8 Å². The lowest BCUT2D eigenvalue weighted by atomic mass is 9.77. The molecule has 4 nitrogen and oxygen atoms in total. The molecule has 0 spiro atoms. The normalized spacial score (nSPS) is 33.5. The van der Waals surface area contributed by atoms with Crippen LogP contribution in [-0.2, 0) is 9.59 Å². The summed E-state index contributed by atoms with van der Waals surface area (Å²) in [6, 6.07) is 0.707. The molecule has 4 aliphatic rings. The summed E-state index contributed by atoms with van der Waals surface area (Å²) >= 11 is 0. The molecule has 2 aliphatic carbocycles. The van der Waals surface area contributed by atoms with Gasteiger partial charge in [0, 0.05) is 70.8 Å². The molecule has 2 heterocycles. The maximum Gasteiger partial charge on any atom is 0.136 e. The first-order chi connectivity index (χ1) is 15.2. The second-order valence-corrected chi connectivity index (χ2v) is 14.2. The van der Waals surface area contributed by atoms with Crippen LogP contribution in [0.5, 0.6) is 0 Å². The highest BCUT2D eigenvalue weighted by atomic mass is 33.1. The fraction of sp³-hybridized carbons (Fsp3) is 0.923. The predicted octanol–water partition coefficient (Wildman–Crippen LogP) is 6.98. The predicted molar refractivity (Wildman–Crippen MR) is 136 cm³/mol. The quantitative estimate of drug-likeness (QED) is 0.312. The van der Waals surface area contributed by atoms with E-state index in [0.717, 1.165) is 12.8 Å². The summed E-state index contributed by atoms with van der Waals surface area (Å²) in [4.78, 5) is 25.4. The zero-order valence-electron chi connectivity index (χ0n) is 20.7. The van der Waals surface area contributed by atoms with Crippen LogP contribution in [0.25, 0.3) is 0 Å². The Labute approximate surface area is 204 Å². The lowest BCUT2D eigenvalue weighted by Crippen LogP contribution is -2.56. The standard InChI is InChI=1S/C26H44N2O2S2/c1-25(2)17-21(29)15-23(19-11-7-5-8-12-19)27(25)31-32-28-24(20-13-9-6-10-14-20)16-22(30)18-26(28,3)4/h19-20,23-24H,5-18H2,1-4H3. The van der Waals surface area contributed by atoms with Crippen molar-refractivity contribution in [1.29, 1.82) is 0 Å². The van der Waals surface area contributed by atoms with E-state index in [-0.39, 0.29) is 11.1 Å². The monoisotopic (exact) mass is 480 g/mol. The van der Waals surface area contributed by atoms with Gasteiger partial charge in [-0.1, -0.05) is 38.5 Å². The van der Waals surface area contributed by atoms with E-state index in [2.05, 4.69) is 36.3 Å². The number of carbonyl (C=O) groups excluding carboxylic acids is 2. The summed E-state index contributed by atoms with van der Waals surface area (Å²) in [5, 5.41) is 0. The van der Waals surface area contributed by atoms with Crippen LogP contribution in [0.2, 0.25) is 0 Å². The molecule has 0 bridgehead atoms. The number of carbonyl (C=O) groups is 2. The lowest BCUT2D eigenvalue weighted by molar-refractivity contribution is -0.127. The molecular weight excluding hydrogens is 436 g/mol. The van der Waals surface area contributed by atoms with Gasteiger partial charge in [-0.3, -0.25) is 9.59 Å². The van der Waals surface area contributed by atoms with Gasteiger partial charge in [0.05, 0.1) is 0 Å². The maximum absolute atomic E-state index is 12.7. The number of hydrogen-bond acceptors (Lipinski definition) is 6. The van der Waals surface area contributed by atoms with Crippen molar-refractivity contribution in [1.82, 2.24) is 8.61 Å². The Morgan fingerprint density at radius 2 is 0.969 bits per heavy atom. The Balaban J connectivity index is 1.53. The van der Waals surface area contributed by atoms with Crippen LogP contribution in [0.4, 0.5) is 0 Å². The van der Waals surface area contributed by atoms with Crippen molar-refractivity contribution in [3.8, 4) is 0 Å². The van der Waals surface area contributed by atoms with Crippen LogP contribution >= 0.6 is 22.0 Å². The highest BCUT2D eigenvalue weighted by Gasteiger charge is 2.48. The zero-order valence-corrected chi connectivity index (χ0v) is 22.4. The molecule has 6 heteroatoms. The number of nitrogens with zero attached hydrogens (tertiary/aromatic N) is 2. The summed E-state index contributed by atoms with van der Waals surface area (Å²) in [6.07, 6.45) is 15.8. The van der Waals surface area contributed by atoms with Gasteiger partial charge in [-0.05, 0) is 65.2 Å². The Kier molecular flexibility index (Phi) is 8.06. The fourth-order valence-corrected chi connectivity index (χ4v) is 10.6.